The number of benzene rings is 3. The lowest BCUT2D eigenvalue weighted by molar-refractivity contribution is -0.122. The van der Waals surface area contributed by atoms with Crippen molar-refractivity contribution in [1.29, 1.82) is 0 Å². The summed E-state index contributed by atoms with van der Waals surface area (Å²) in [5.41, 5.74) is 5.45. The lowest BCUT2D eigenvalue weighted by atomic mass is 9.55. The van der Waals surface area contributed by atoms with Crippen molar-refractivity contribution < 1.29 is 14.4 Å². The summed E-state index contributed by atoms with van der Waals surface area (Å²) in [7, 11) is 0. The first-order valence-corrected chi connectivity index (χ1v) is 16.4. The standard InChI is InChI=1S/C36H39BrN2O3/c1-2-3-4-5-6-7-8-9-10-22-30(40)38-24-16-15-17-25(23-24)39-34(41)32-31-26-18-11-13-20-28(26)36(37,33(32)35(39)42)29-21-14-12-19-27(29)31/h11-21,23,31-33H,2-10,22H2,1H3,(H,38,40)/t31?,32-,33+,36?/m1/s1. The van der Waals surface area contributed by atoms with Gasteiger partial charge >= 0.3 is 0 Å². The lowest BCUT2D eigenvalue weighted by Gasteiger charge is -2.51. The fraction of sp³-hybridized carbons (Fsp3) is 0.417. The highest BCUT2D eigenvalue weighted by molar-refractivity contribution is 9.09. The van der Waals surface area contributed by atoms with Gasteiger partial charge in [0.2, 0.25) is 17.7 Å². The van der Waals surface area contributed by atoms with Crippen molar-refractivity contribution in [2.75, 3.05) is 10.2 Å². The van der Waals surface area contributed by atoms with Crippen LogP contribution in [0.2, 0.25) is 0 Å². The summed E-state index contributed by atoms with van der Waals surface area (Å²) < 4.78 is -0.775. The molecule has 2 bridgehead atoms. The van der Waals surface area contributed by atoms with E-state index in [1.54, 1.807) is 18.2 Å². The Balaban J connectivity index is 1.15. The molecule has 3 amide bonds. The van der Waals surface area contributed by atoms with Gasteiger partial charge in [0.15, 0.2) is 0 Å². The summed E-state index contributed by atoms with van der Waals surface area (Å²) >= 11 is 4.05. The highest BCUT2D eigenvalue weighted by Gasteiger charge is 2.67. The van der Waals surface area contributed by atoms with Crippen LogP contribution >= 0.6 is 15.9 Å². The van der Waals surface area contributed by atoms with Crippen LogP contribution in [0.25, 0.3) is 0 Å². The van der Waals surface area contributed by atoms with Gasteiger partial charge in [0.25, 0.3) is 0 Å². The fourth-order valence-corrected chi connectivity index (χ4v) is 8.68. The predicted octanol–water partition coefficient (Wildman–Crippen LogP) is 8.45. The van der Waals surface area contributed by atoms with Crippen molar-refractivity contribution in [3.8, 4) is 0 Å². The van der Waals surface area contributed by atoms with Gasteiger partial charge in [0.1, 0.15) is 0 Å². The second-order valence-electron chi connectivity index (χ2n) is 12.1. The number of alkyl halides is 1. The number of carbonyl (C=O) groups excluding carboxylic acids is 3. The minimum absolute atomic E-state index is 0.0359. The highest BCUT2D eigenvalue weighted by Crippen LogP contribution is 2.66. The molecule has 3 aromatic rings. The van der Waals surface area contributed by atoms with Crippen LogP contribution < -0.4 is 10.2 Å². The molecule has 3 aliphatic carbocycles. The van der Waals surface area contributed by atoms with Crippen molar-refractivity contribution in [2.24, 2.45) is 11.8 Å². The van der Waals surface area contributed by atoms with E-state index in [1.807, 2.05) is 30.3 Å². The molecule has 1 N–H and O–H groups in total. The van der Waals surface area contributed by atoms with E-state index < -0.39 is 16.2 Å². The van der Waals surface area contributed by atoms with E-state index in [9.17, 15) is 14.4 Å². The maximum Gasteiger partial charge on any atom is 0.239 e. The molecule has 1 heterocycles. The van der Waals surface area contributed by atoms with Crippen LogP contribution in [0.1, 0.15) is 99.3 Å². The normalized spacial score (nSPS) is 23.5. The van der Waals surface area contributed by atoms with Gasteiger partial charge in [-0.1, -0.05) is 129 Å². The Kier molecular flexibility index (Phi) is 8.35. The highest BCUT2D eigenvalue weighted by atomic mass is 79.9. The van der Waals surface area contributed by atoms with Gasteiger partial charge in [-0.2, -0.15) is 0 Å². The molecular weight excluding hydrogens is 588 g/mol. The third-order valence-corrected chi connectivity index (χ3v) is 10.8. The molecule has 0 radical (unpaired) electrons. The van der Waals surface area contributed by atoms with Gasteiger partial charge < -0.3 is 5.32 Å². The Morgan fingerprint density at radius 1 is 0.786 bits per heavy atom. The number of carbonyl (C=O) groups is 3. The van der Waals surface area contributed by atoms with Crippen LogP contribution in [0.15, 0.2) is 72.8 Å². The van der Waals surface area contributed by atoms with E-state index in [2.05, 4.69) is 52.4 Å². The Labute approximate surface area is 257 Å². The molecule has 1 aliphatic heterocycles. The number of halogens is 1. The Hall–Kier alpha value is -3.25. The Morgan fingerprint density at radius 3 is 2.02 bits per heavy atom. The number of amides is 3. The molecule has 1 saturated heterocycles. The average molecular weight is 628 g/mol. The predicted molar refractivity (Wildman–Crippen MR) is 171 cm³/mol. The number of rotatable bonds is 12. The molecule has 7 rings (SSSR count). The monoisotopic (exact) mass is 626 g/mol. The molecule has 0 unspecified atom stereocenters. The zero-order valence-corrected chi connectivity index (χ0v) is 25.9. The van der Waals surface area contributed by atoms with E-state index in [4.69, 9.17) is 0 Å². The molecule has 3 aromatic carbocycles. The molecule has 4 aliphatic rings. The van der Waals surface area contributed by atoms with Crippen molar-refractivity contribution in [1.82, 2.24) is 0 Å². The zero-order chi connectivity index (χ0) is 29.3. The largest absolute Gasteiger partial charge is 0.326 e. The summed E-state index contributed by atoms with van der Waals surface area (Å²) in [6.45, 7) is 2.23. The Bertz CT molecular complexity index is 1450. The molecule has 0 aromatic heterocycles. The molecule has 42 heavy (non-hydrogen) atoms. The Morgan fingerprint density at radius 2 is 1.38 bits per heavy atom. The maximum atomic E-state index is 14.2. The van der Waals surface area contributed by atoms with Crippen molar-refractivity contribution in [3.63, 3.8) is 0 Å². The molecule has 6 heteroatoms. The SMILES string of the molecule is CCCCCCCCCCCC(=O)Nc1cccc(N2C(=O)[C@@H]3C4c5ccccc5C(Br)(c5ccccc54)[C@@H]3C2=O)c1. The summed E-state index contributed by atoms with van der Waals surface area (Å²) in [4.78, 5) is 42.4. The number of hydrogen-bond acceptors (Lipinski definition) is 3. The van der Waals surface area contributed by atoms with Crippen LogP contribution in [-0.4, -0.2) is 17.7 Å². The summed E-state index contributed by atoms with van der Waals surface area (Å²) in [5, 5.41) is 2.99. The number of unbranched alkanes of at least 4 members (excludes halogenated alkanes) is 8. The second-order valence-corrected chi connectivity index (χ2v) is 13.3. The first kappa shape index (κ1) is 28.9. The molecular formula is C36H39BrN2O3. The quantitative estimate of drug-likeness (QED) is 0.125. The van der Waals surface area contributed by atoms with Crippen molar-refractivity contribution in [3.05, 3.63) is 95.1 Å². The molecule has 0 saturated carbocycles. The van der Waals surface area contributed by atoms with Crippen LogP contribution in [0.4, 0.5) is 11.4 Å². The summed E-state index contributed by atoms with van der Waals surface area (Å²) in [6, 6.07) is 23.5. The number of imide groups is 1. The number of anilines is 2. The smallest absolute Gasteiger partial charge is 0.239 e. The minimum atomic E-state index is -0.775. The van der Waals surface area contributed by atoms with E-state index in [1.165, 1.54) is 49.8 Å². The first-order valence-electron chi connectivity index (χ1n) is 15.6. The molecule has 5 nitrogen and oxygen atoms in total. The topological polar surface area (TPSA) is 66.5 Å². The van der Waals surface area contributed by atoms with Crippen LogP contribution in [-0.2, 0) is 18.7 Å². The maximum absolute atomic E-state index is 14.2. The lowest BCUT2D eigenvalue weighted by Crippen LogP contribution is -2.50. The van der Waals surface area contributed by atoms with Crippen molar-refractivity contribution in [2.45, 2.75) is 81.4 Å². The van der Waals surface area contributed by atoms with Crippen LogP contribution in [0.5, 0.6) is 0 Å². The number of nitrogens with one attached hydrogen (secondary N) is 1. The molecule has 218 valence electrons. The van der Waals surface area contributed by atoms with Gasteiger partial charge in [0.05, 0.1) is 21.8 Å². The van der Waals surface area contributed by atoms with Gasteiger partial charge in [-0.3, -0.25) is 14.4 Å². The van der Waals surface area contributed by atoms with Crippen molar-refractivity contribution >= 4 is 45.0 Å². The third-order valence-electron chi connectivity index (χ3n) is 9.41. The van der Waals surface area contributed by atoms with Gasteiger partial charge in [-0.05, 0) is 46.9 Å². The van der Waals surface area contributed by atoms with E-state index >= 15 is 0 Å². The molecule has 2 atom stereocenters. The second kappa shape index (κ2) is 12.2. The first-order chi connectivity index (χ1) is 20.5. The van der Waals surface area contributed by atoms with Crippen LogP contribution in [0.3, 0.4) is 0 Å². The fourth-order valence-electron chi connectivity index (χ4n) is 7.48. The summed E-state index contributed by atoms with van der Waals surface area (Å²) in [5.74, 6) is -1.64. The van der Waals surface area contributed by atoms with Gasteiger partial charge in [0, 0.05) is 18.0 Å². The molecule has 1 fully saturated rings. The minimum Gasteiger partial charge on any atom is -0.326 e. The van der Waals surface area contributed by atoms with Gasteiger partial charge in [-0.15, -0.1) is 0 Å². The summed E-state index contributed by atoms with van der Waals surface area (Å²) in [6.07, 6.45) is 11.3. The third kappa shape index (κ3) is 4.92. The van der Waals surface area contributed by atoms with E-state index in [-0.39, 0.29) is 23.6 Å². The van der Waals surface area contributed by atoms with Gasteiger partial charge in [-0.25, -0.2) is 4.90 Å². The zero-order valence-electron chi connectivity index (χ0n) is 24.3. The van der Waals surface area contributed by atoms with E-state index in [0.29, 0.717) is 17.8 Å². The molecule has 0 spiro atoms. The number of nitrogens with zero attached hydrogens (tertiary/aromatic N) is 1. The average Bonchev–Trinajstić information content (AvgIpc) is 3.27. The van der Waals surface area contributed by atoms with E-state index in [0.717, 1.165) is 35.1 Å². The van der Waals surface area contributed by atoms with Crippen LogP contribution in [0, 0.1) is 11.8 Å². The number of hydrogen-bond donors (Lipinski definition) is 1.